The second-order valence-corrected chi connectivity index (χ2v) is 4.76. The number of hydrogen-bond donors (Lipinski definition) is 3. The van der Waals surface area contributed by atoms with E-state index >= 15 is 0 Å². The fourth-order valence-electron chi connectivity index (χ4n) is 2.23. The first-order chi connectivity index (χ1) is 7.68. The average Bonchev–Trinajstić information content (AvgIpc) is 2.18. The molecule has 1 amide bonds. The van der Waals surface area contributed by atoms with E-state index in [1.807, 2.05) is 6.92 Å². The number of amides is 1. The predicted octanol–water partition coefficient (Wildman–Crippen LogP) is 0.326. The van der Waals surface area contributed by atoms with E-state index < -0.39 is 0 Å². The van der Waals surface area contributed by atoms with Crippen LogP contribution >= 0.6 is 0 Å². The molecular weight excluding hydrogens is 204 g/mol. The zero-order valence-electron chi connectivity index (χ0n) is 9.75. The van der Waals surface area contributed by atoms with Crippen molar-refractivity contribution in [1.29, 1.82) is 0 Å². The van der Waals surface area contributed by atoms with Crippen molar-refractivity contribution < 1.29 is 9.90 Å². The molecule has 0 aromatic rings. The lowest BCUT2D eigenvalue weighted by atomic mass is 9.92. The van der Waals surface area contributed by atoms with E-state index in [9.17, 15) is 9.90 Å². The van der Waals surface area contributed by atoms with Crippen LogP contribution in [0.4, 0.5) is 0 Å². The van der Waals surface area contributed by atoms with Gasteiger partial charge in [-0.25, -0.2) is 0 Å². The summed E-state index contributed by atoms with van der Waals surface area (Å²) in [5.41, 5.74) is 2.00. The van der Waals surface area contributed by atoms with Gasteiger partial charge in [-0.15, -0.1) is 0 Å². The van der Waals surface area contributed by atoms with Crippen molar-refractivity contribution in [3.63, 3.8) is 0 Å². The number of carbonyl (C=O) groups is 1. The number of aliphatic hydroxyl groups excluding tert-OH is 1. The fourth-order valence-corrected chi connectivity index (χ4v) is 2.23. The molecule has 16 heavy (non-hydrogen) atoms. The molecule has 0 spiro atoms. The normalized spacial score (nSPS) is 29.5. The van der Waals surface area contributed by atoms with Gasteiger partial charge in [-0.3, -0.25) is 4.79 Å². The van der Waals surface area contributed by atoms with Crippen molar-refractivity contribution in [2.24, 2.45) is 0 Å². The molecule has 1 saturated carbocycles. The van der Waals surface area contributed by atoms with Gasteiger partial charge in [0.25, 0.3) is 0 Å². The third-order valence-electron chi connectivity index (χ3n) is 3.59. The highest BCUT2D eigenvalue weighted by atomic mass is 16.3. The largest absolute Gasteiger partial charge is 0.391 e. The van der Waals surface area contributed by atoms with Gasteiger partial charge in [-0.2, -0.15) is 0 Å². The molecule has 90 valence electrons. The first kappa shape index (κ1) is 11.6. The molecule has 1 aliphatic heterocycles. The van der Waals surface area contributed by atoms with E-state index in [0.29, 0.717) is 0 Å². The van der Waals surface area contributed by atoms with Gasteiger partial charge in [0.2, 0.25) is 5.91 Å². The summed E-state index contributed by atoms with van der Waals surface area (Å²) in [5.74, 6) is -0.0116. The second-order valence-electron chi connectivity index (χ2n) is 4.76. The SMILES string of the molecule is CC(C(=O)NC1CCCCC1O)=C1CNC1. The molecule has 0 radical (unpaired) electrons. The lowest BCUT2D eigenvalue weighted by molar-refractivity contribution is -0.119. The lowest BCUT2D eigenvalue weighted by Gasteiger charge is -2.29. The molecule has 0 bridgehead atoms. The van der Waals surface area contributed by atoms with Gasteiger partial charge in [0, 0.05) is 18.7 Å². The van der Waals surface area contributed by atoms with E-state index in [4.69, 9.17) is 0 Å². The molecular formula is C12H20N2O2. The van der Waals surface area contributed by atoms with Gasteiger partial charge in [0.15, 0.2) is 0 Å². The van der Waals surface area contributed by atoms with Gasteiger partial charge >= 0.3 is 0 Å². The Morgan fingerprint density at radius 1 is 1.38 bits per heavy atom. The number of nitrogens with one attached hydrogen (secondary N) is 2. The Balaban J connectivity index is 1.91. The Morgan fingerprint density at radius 3 is 2.62 bits per heavy atom. The Hall–Kier alpha value is -0.870. The summed E-state index contributed by atoms with van der Waals surface area (Å²) in [5, 5.41) is 15.8. The van der Waals surface area contributed by atoms with Crippen molar-refractivity contribution in [2.45, 2.75) is 44.8 Å². The minimum absolute atomic E-state index is 0.0116. The summed E-state index contributed by atoms with van der Waals surface area (Å²) < 4.78 is 0. The van der Waals surface area contributed by atoms with E-state index in [0.717, 1.165) is 44.3 Å². The van der Waals surface area contributed by atoms with Crippen LogP contribution in [0.25, 0.3) is 0 Å². The fraction of sp³-hybridized carbons (Fsp3) is 0.750. The standard InChI is InChI=1S/C12H20N2O2/c1-8(9-6-13-7-9)12(16)14-10-4-2-3-5-11(10)15/h10-11,13,15H,2-7H2,1H3,(H,14,16). The highest BCUT2D eigenvalue weighted by Gasteiger charge is 2.25. The van der Waals surface area contributed by atoms with Gasteiger partial charge in [0.1, 0.15) is 0 Å². The molecule has 2 rings (SSSR count). The van der Waals surface area contributed by atoms with Gasteiger partial charge in [-0.05, 0) is 25.3 Å². The van der Waals surface area contributed by atoms with Gasteiger partial charge < -0.3 is 15.7 Å². The molecule has 4 nitrogen and oxygen atoms in total. The van der Waals surface area contributed by atoms with Crippen LogP contribution in [0.3, 0.4) is 0 Å². The van der Waals surface area contributed by atoms with Crippen LogP contribution in [0.1, 0.15) is 32.6 Å². The van der Waals surface area contributed by atoms with Crippen LogP contribution < -0.4 is 10.6 Å². The molecule has 1 aliphatic carbocycles. The van der Waals surface area contributed by atoms with Crippen LogP contribution in [0.15, 0.2) is 11.1 Å². The number of rotatable bonds is 2. The quantitative estimate of drug-likeness (QED) is 0.592. The molecule has 1 heterocycles. The summed E-state index contributed by atoms with van der Waals surface area (Å²) in [6, 6.07) is -0.0511. The van der Waals surface area contributed by atoms with Crippen LogP contribution in [0, 0.1) is 0 Å². The van der Waals surface area contributed by atoms with E-state index in [-0.39, 0.29) is 18.1 Å². The summed E-state index contributed by atoms with van der Waals surface area (Å²) in [4.78, 5) is 11.9. The zero-order valence-corrected chi connectivity index (χ0v) is 9.75. The minimum atomic E-state index is -0.366. The summed E-state index contributed by atoms with van der Waals surface area (Å²) in [6.07, 6.45) is 3.50. The summed E-state index contributed by atoms with van der Waals surface area (Å²) in [6.45, 7) is 3.51. The van der Waals surface area contributed by atoms with E-state index in [1.54, 1.807) is 0 Å². The smallest absolute Gasteiger partial charge is 0.247 e. The van der Waals surface area contributed by atoms with Crippen molar-refractivity contribution >= 4 is 5.91 Å². The highest BCUT2D eigenvalue weighted by molar-refractivity contribution is 5.94. The molecule has 1 saturated heterocycles. The third kappa shape index (κ3) is 2.44. The molecule has 2 fully saturated rings. The summed E-state index contributed by atoms with van der Waals surface area (Å²) >= 11 is 0. The first-order valence-electron chi connectivity index (χ1n) is 6.07. The average molecular weight is 224 g/mol. The van der Waals surface area contributed by atoms with Crippen LogP contribution in [0.5, 0.6) is 0 Å². The molecule has 0 aromatic heterocycles. The lowest BCUT2D eigenvalue weighted by Crippen LogP contribution is -2.46. The minimum Gasteiger partial charge on any atom is -0.391 e. The van der Waals surface area contributed by atoms with Crippen molar-refractivity contribution in [3.8, 4) is 0 Å². The molecule has 2 unspecified atom stereocenters. The summed E-state index contributed by atoms with van der Waals surface area (Å²) in [7, 11) is 0. The topological polar surface area (TPSA) is 61.4 Å². The first-order valence-corrected chi connectivity index (χ1v) is 6.07. The van der Waals surface area contributed by atoms with E-state index in [2.05, 4.69) is 10.6 Å². The molecule has 2 aliphatic rings. The van der Waals surface area contributed by atoms with Gasteiger partial charge in [-0.1, -0.05) is 12.8 Å². The number of hydrogen-bond acceptors (Lipinski definition) is 3. The van der Waals surface area contributed by atoms with Crippen molar-refractivity contribution in [1.82, 2.24) is 10.6 Å². The molecule has 2 atom stereocenters. The maximum Gasteiger partial charge on any atom is 0.247 e. The Labute approximate surface area is 96.1 Å². The third-order valence-corrected chi connectivity index (χ3v) is 3.59. The van der Waals surface area contributed by atoms with E-state index in [1.165, 1.54) is 5.57 Å². The van der Waals surface area contributed by atoms with Crippen LogP contribution in [-0.2, 0) is 4.79 Å². The van der Waals surface area contributed by atoms with Crippen LogP contribution in [0.2, 0.25) is 0 Å². The molecule has 0 aromatic carbocycles. The van der Waals surface area contributed by atoms with Crippen LogP contribution in [-0.4, -0.2) is 36.2 Å². The second kappa shape index (κ2) is 4.97. The Kier molecular flexibility index (Phi) is 3.61. The maximum absolute atomic E-state index is 11.9. The monoisotopic (exact) mass is 224 g/mol. The highest BCUT2D eigenvalue weighted by Crippen LogP contribution is 2.19. The predicted molar refractivity (Wildman–Crippen MR) is 62.0 cm³/mol. The molecule has 4 heteroatoms. The maximum atomic E-state index is 11.9. The van der Waals surface area contributed by atoms with Crippen molar-refractivity contribution in [3.05, 3.63) is 11.1 Å². The Morgan fingerprint density at radius 2 is 2.06 bits per heavy atom. The van der Waals surface area contributed by atoms with Gasteiger partial charge in [0.05, 0.1) is 12.1 Å². The zero-order chi connectivity index (χ0) is 11.5. The number of carbonyl (C=O) groups excluding carboxylic acids is 1. The van der Waals surface area contributed by atoms with Crippen molar-refractivity contribution in [2.75, 3.05) is 13.1 Å². The number of aliphatic hydroxyl groups is 1. The molecule has 3 N–H and O–H groups in total. The Bertz CT molecular complexity index is 306.